The topological polar surface area (TPSA) is 84.7 Å². The van der Waals surface area contributed by atoms with Gasteiger partial charge in [0.2, 0.25) is 10.0 Å². The first-order valence-corrected chi connectivity index (χ1v) is 10.7. The van der Waals surface area contributed by atoms with Crippen LogP contribution < -0.4 is 4.74 Å². The molecule has 0 N–H and O–H groups in total. The van der Waals surface area contributed by atoms with Gasteiger partial charge < -0.3 is 9.64 Å². The molecule has 1 fully saturated rings. The number of hydrogen-bond donors (Lipinski definition) is 0. The van der Waals surface area contributed by atoms with E-state index < -0.39 is 16.1 Å². The summed E-state index contributed by atoms with van der Waals surface area (Å²) in [5.74, 6) is 0.488. The molecule has 0 saturated carbocycles. The third-order valence-corrected chi connectivity index (χ3v) is 7.15. The molecular weight excluding hydrogens is 380 g/mol. The summed E-state index contributed by atoms with van der Waals surface area (Å²) in [6, 6.07) is 9.17. The van der Waals surface area contributed by atoms with Crippen molar-refractivity contribution >= 4 is 15.9 Å². The second-order valence-corrected chi connectivity index (χ2v) is 8.80. The zero-order chi connectivity index (χ0) is 20.5. The Morgan fingerprint density at radius 3 is 2.25 bits per heavy atom. The summed E-state index contributed by atoms with van der Waals surface area (Å²) >= 11 is 0. The van der Waals surface area contributed by atoms with Crippen LogP contribution in [-0.2, 0) is 21.9 Å². The smallest absolute Gasteiger partial charge is 0.263 e. The van der Waals surface area contributed by atoms with Crippen molar-refractivity contribution in [2.45, 2.75) is 31.8 Å². The minimum atomic E-state index is -3.64. The first kappa shape index (κ1) is 20.3. The molecule has 1 aliphatic heterocycles. The van der Waals surface area contributed by atoms with E-state index in [1.807, 2.05) is 18.2 Å². The molecule has 2 heterocycles. The van der Waals surface area contributed by atoms with Crippen molar-refractivity contribution in [3.05, 3.63) is 41.7 Å². The van der Waals surface area contributed by atoms with E-state index in [2.05, 4.69) is 5.10 Å². The van der Waals surface area contributed by atoms with Crippen LogP contribution in [0.5, 0.6) is 5.75 Å². The molecule has 1 saturated heterocycles. The fourth-order valence-electron chi connectivity index (χ4n) is 3.42. The van der Waals surface area contributed by atoms with E-state index >= 15 is 0 Å². The van der Waals surface area contributed by atoms with E-state index in [0.717, 1.165) is 0 Å². The maximum absolute atomic E-state index is 13.0. The van der Waals surface area contributed by atoms with Crippen molar-refractivity contribution in [3.8, 4) is 5.75 Å². The van der Waals surface area contributed by atoms with Crippen LogP contribution in [0.2, 0.25) is 0 Å². The lowest BCUT2D eigenvalue weighted by Gasteiger charge is -2.35. The molecule has 1 aliphatic rings. The predicted octanol–water partition coefficient (Wildman–Crippen LogP) is 1.34. The van der Waals surface area contributed by atoms with Crippen molar-refractivity contribution in [3.63, 3.8) is 0 Å². The van der Waals surface area contributed by atoms with Gasteiger partial charge in [0.1, 0.15) is 10.6 Å². The van der Waals surface area contributed by atoms with Crippen molar-refractivity contribution in [2.75, 3.05) is 26.2 Å². The Morgan fingerprint density at radius 2 is 1.71 bits per heavy atom. The molecule has 0 aliphatic carbocycles. The Hall–Kier alpha value is -2.39. The molecular formula is C19H26N4O4S. The number of benzene rings is 1. The average molecular weight is 407 g/mol. The number of sulfonamides is 1. The first-order valence-electron chi connectivity index (χ1n) is 9.22. The van der Waals surface area contributed by atoms with Crippen LogP contribution >= 0.6 is 0 Å². The lowest BCUT2D eigenvalue weighted by Crippen LogP contribution is -2.53. The molecule has 8 nitrogen and oxygen atoms in total. The van der Waals surface area contributed by atoms with Crippen LogP contribution in [0.4, 0.5) is 0 Å². The van der Waals surface area contributed by atoms with Gasteiger partial charge in [-0.3, -0.25) is 9.48 Å². The van der Waals surface area contributed by atoms with Crippen LogP contribution in [0, 0.1) is 13.8 Å². The summed E-state index contributed by atoms with van der Waals surface area (Å²) < 4.78 is 34.8. The normalized spacial score (nSPS) is 16.8. The number of nitrogens with zero attached hydrogens (tertiary/aromatic N) is 4. The molecule has 3 rings (SSSR count). The third-order valence-electron chi connectivity index (χ3n) is 4.99. The Balaban J connectivity index is 1.64. The van der Waals surface area contributed by atoms with E-state index in [1.165, 1.54) is 4.31 Å². The average Bonchev–Trinajstić information content (AvgIpc) is 2.94. The highest BCUT2D eigenvalue weighted by molar-refractivity contribution is 7.89. The predicted molar refractivity (Wildman–Crippen MR) is 105 cm³/mol. The molecule has 1 amide bonds. The van der Waals surface area contributed by atoms with Crippen molar-refractivity contribution in [2.24, 2.45) is 7.05 Å². The van der Waals surface area contributed by atoms with Crippen molar-refractivity contribution < 1.29 is 17.9 Å². The second kappa shape index (κ2) is 7.92. The summed E-state index contributed by atoms with van der Waals surface area (Å²) in [4.78, 5) is 14.6. The van der Waals surface area contributed by atoms with Gasteiger partial charge >= 0.3 is 0 Å². The molecule has 1 aromatic heterocycles. The highest BCUT2D eigenvalue weighted by Crippen LogP contribution is 2.24. The highest BCUT2D eigenvalue weighted by atomic mass is 32.2. The minimum absolute atomic E-state index is 0.144. The van der Waals surface area contributed by atoms with E-state index in [0.29, 0.717) is 30.2 Å². The number of carbonyl (C=O) groups excluding carboxylic acids is 1. The summed E-state index contributed by atoms with van der Waals surface area (Å²) in [7, 11) is -1.91. The molecule has 1 unspecified atom stereocenters. The standard InChI is InChI=1S/C19H26N4O4S/c1-14-18(15(2)21(4)20-14)28(25,26)23-12-10-22(11-13-23)19(24)16(3)27-17-8-6-5-7-9-17/h5-9,16H,10-13H2,1-4H3. The summed E-state index contributed by atoms with van der Waals surface area (Å²) in [6.07, 6.45) is -0.631. The van der Waals surface area contributed by atoms with Crippen LogP contribution in [0.3, 0.4) is 0 Å². The molecule has 1 aromatic carbocycles. The van der Waals surface area contributed by atoms with E-state index in [9.17, 15) is 13.2 Å². The van der Waals surface area contributed by atoms with Gasteiger partial charge in [-0.15, -0.1) is 0 Å². The van der Waals surface area contributed by atoms with Crippen LogP contribution in [0.1, 0.15) is 18.3 Å². The summed E-state index contributed by atoms with van der Waals surface area (Å²) in [5.41, 5.74) is 1.10. The number of rotatable bonds is 5. The van der Waals surface area contributed by atoms with Gasteiger partial charge in [0.05, 0.1) is 11.4 Å². The second-order valence-electron chi connectivity index (χ2n) is 6.93. The monoisotopic (exact) mass is 406 g/mol. The van der Waals surface area contributed by atoms with Crippen LogP contribution in [0.15, 0.2) is 35.2 Å². The van der Waals surface area contributed by atoms with Gasteiger partial charge in [0.15, 0.2) is 6.10 Å². The number of ether oxygens (including phenoxy) is 1. The molecule has 2 aromatic rings. The van der Waals surface area contributed by atoms with Gasteiger partial charge in [0.25, 0.3) is 5.91 Å². The highest BCUT2D eigenvalue weighted by Gasteiger charge is 2.34. The van der Waals surface area contributed by atoms with Crippen LogP contribution in [0.25, 0.3) is 0 Å². The van der Waals surface area contributed by atoms with Gasteiger partial charge in [0, 0.05) is 33.2 Å². The SMILES string of the molecule is Cc1nn(C)c(C)c1S(=O)(=O)N1CCN(C(=O)C(C)Oc2ccccc2)CC1. The van der Waals surface area contributed by atoms with Crippen molar-refractivity contribution in [1.82, 2.24) is 19.0 Å². The zero-order valence-corrected chi connectivity index (χ0v) is 17.4. The fourth-order valence-corrected chi connectivity index (χ4v) is 5.24. The number of aryl methyl sites for hydroxylation is 2. The Bertz CT molecular complexity index is 948. The zero-order valence-electron chi connectivity index (χ0n) is 16.6. The quantitative estimate of drug-likeness (QED) is 0.748. The van der Waals surface area contributed by atoms with E-state index in [-0.39, 0.29) is 23.9 Å². The number of carbonyl (C=O) groups is 1. The number of piperazine rings is 1. The molecule has 9 heteroatoms. The number of amides is 1. The summed E-state index contributed by atoms with van der Waals surface area (Å²) in [5, 5.41) is 4.21. The largest absolute Gasteiger partial charge is 0.481 e. The number of hydrogen-bond acceptors (Lipinski definition) is 5. The lowest BCUT2D eigenvalue weighted by molar-refractivity contribution is -0.139. The fraction of sp³-hybridized carbons (Fsp3) is 0.474. The Kier molecular flexibility index (Phi) is 5.76. The Labute approximate surface area is 165 Å². The maximum Gasteiger partial charge on any atom is 0.263 e. The number of para-hydroxylation sites is 1. The summed E-state index contributed by atoms with van der Waals surface area (Å²) in [6.45, 7) is 6.32. The minimum Gasteiger partial charge on any atom is -0.481 e. The van der Waals surface area contributed by atoms with Gasteiger partial charge in [-0.25, -0.2) is 8.42 Å². The molecule has 28 heavy (non-hydrogen) atoms. The Morgan fingerprint density at radius 1 is 1.11 bits per heavy atom. The molecule has 152 valence electrons. The van der Waals surface area contributed by atoms with Gasteiger partial charge in [-0.1, -0.05) is 18.2 Å². The maximum atomic E-state index is 13.0. The molecule has 0 radical (unpaired) electrons. The van der Waals surface area contributed by atoms with E-state index in [4.69, 9.17) is 4.74 Å². The molecule has 0 bridgehead atoms. The van der Waals surface area contributed by atoms with Gasteiger partial charge in [-0.05, 0) is 32.9 Å². The molecule has 1 atom stereocenters. The van der Waals surface area contributed by atoms with Crippen molar-refractivity contribution in [1.29, 1.82) is 0 Å². The lowest BCUT2D eigenvalue weighted by atomic mass is 10.3. The van der Waals surface area contributed by atoms with Gasteiger partial charge in [-0.2, -0.15) is 9.40 Å². The van der Waals surface area contributed by atoms with E-state index in [1.54, 1.807) is 49.5 Å². The number of aromatic nitrogens is 2. The van der Waals surface area contributed by atoms with Crippen LogP contribution in [-0.4, -0.2) is 65.6 Å². The first-order chi connectivity index (χ1) is 13.2. The molecule has 0 spiro atoms. The third kappa shape index (κ3) is 3.90.